The highest BCUT2D eigenvalue weighted by Gasteiger charge is 2.33. The Kier molecular flexibility index (Phi) is 3.14. The molecule has 4 heteroatoms. The molecule has 0 aliphatic carbocycles. The fourth-order valence-corrected chi connectivity index (χ4v) is 2.77. The molecule has 4 nitrogen and oxygen atoms in total. The lowest BCUT2D eigenvalue weighted by atomic mass is 9.90. The van der Waals surface area contributed by atoms with Crippen molar-refractivity contribution in [2.24, 2.45) is 11.7 Å². The summed E-state index contributed by atoms with van der Waals surface area (Å²) in [6, 6.07) is 5.91. The molecule has 1 aromatic carbocycles. The summed E-state index contributed by atoms with van der Waals surface area (Å²) < 4.78 is 16.8. The summed E-state index contributed by atoms with van der Waals surface area (Å²) in [5.41, 5.74) is 7.31. The molecule has 3 atom stereocenters. The first-order chi connectivity index (χ1) is 8.78. The maximum Gasteiger partial charge on any atom is 0.128 e. The van der Waals surface area contributed by atoms with E-state index in [9.17, 15) is 0 Å². The molecular formula is C14H19NO3. The third-order valence-corrected chi connectivity index (χ3v) is 3.88. The van der Waals surface area contributed by atoms with Gasteiger partial charge in [0.2, 0.25) is 0 Å². The summed E-state index contributed by atoms with van der Waals surface area (Å²) in [5, 5.41) is 0. The maximum absolute atomic E-state index is 6.23. The normalized spacial score (nSPS) is 30.7. The number of ether oxygens (including phenoxy) is 3. The third kappa shape index (κ3) is 2.06. The van der Waals surface area contributed by atoms with Crippen molar-refractivity contribution in [3.8, 4) is 11.5 Å². The second-order valence-electron chi connectivity index (χ2n) is 5.03. The molecule has 2 N–H and O–H groups in total. The van der Waals surface area contributed by atoms with Crippen LogP contribution in [0.15, 0.2) is 18.2 Å². The average molecular weight is 249 g/mol. The van der Waals surface area contributed by atoms with E-state index in [4.69, 9.17) is 19.9 Å². The molecule has 0 bridgehead atoms. The number of nitrogens with two attached hydrogens (primary N) is 1. The summed E-state index contributed by atoms with van der Waals surface area (Å²) in [6.07, 6.45) is 2.10. The molecule has 2 heterocycles. The molecule has 2 aliphatic rings. The van der Waals surface area contributed by atoms with Gasteiger partial charge in [0.25, 0.3) is 0 Å². The minimum Gasteiger partial charge on any atom is -0.497 e. The van der Waals surface area contributed by atoms with Crippen molar-refractivity contribution in [1.29, 1.82) is 0 Å². The molecule has 1 fully saturated rings. The van der Waals surface area contributed by atoms with Gasteiger partial charge in [0.1, 0.15) is 17.6 Å². The van der Waals surface area contributed by atoms with Crippen molar-refractivity contribution in [1.82, 2.24) is 0 Å². The topological polar surface area (TPSA) is 53.7 Å². The standard InChI is InChI=1S/C14H19NO3/c1-16-10-2-3-11-12(15)7-13(18-14(11)6-10)9-4-5-17-8-9/h2-3,6,9,12-13H,4-5,7-8,15H2,1H3/t9?,12-,13?/m1/s1. The van der Waals surface area contributed by atoms with Crippen molar-refractivity contribution in [2.45, 2.75) is 25.0 Å². The number of benzene rings is 1. The lowest BCUT2D eigenvalue weighted by molar-refractivity contribution is 0.0852. The molecule has 1 aromatic rings. The van der Waals surface area contributed by atoms with Gasteiger partial charge in [-0.05, 0) is 12.5 Å². The highest BCUT2D eigenvalue weighted by Crippen LogP contribution is 2.39. The van der Waals surface area contributed by atoms with Crippen LogP contribution in [0.4, 0.5) is 0 Å². The SMILES string of the molecule is COc1ccc2c(c1)OC(C1CCOC1)C[C@H]2N. The Morgan fingerprint density at radius 1 is 1.39 bits per heavy atom. The zero-order valence-electron chi connectivity index (χ0n) is 10.6. The first kappa shape index (κ1) is 11.8. The Labute approximate surface area is 107 Å². The Hall–Kier alpha value is -1.26. The van der Waals surface area contributed by atoms with Gasteiger partial charge in [0, 0.05) is 36.6 Å². The molecule has 2 unspecified atom stereocenters. The number of methoxy groups -OCH3 is 1. The van der Waals surface area contributed by atoms with Crippen molar-refractivity contribution >= 4 is 0 Å². The largest absolute Gasteiger partial charge is 0.497 e. The zero-order chi connectivity index (χ0) is 12.5. The van der Waals surface area contributed by atoms with Gasteiger partial charge in [-0.1, -0.05) is 6.07 Å². The quantitative estimate of drug-likeness (QED) is 0.869. The number of hydrogen-bond donors (Lipinski definition) is 1. The first-order valence-corrected chi connectivity index (χ1v) is 6.46. The first-order valence-electron chi connectivity index (χ1n) is 6.46. The van der Waals surface area contributed by atoms with Gasteiger partial charge in [-0.2, -0.15) is 0 Å². The fourth-order valence-electron chi connectivity index (χ4n) is 2.77. The smallest absolute Gasteiger partial charge is 0.128 e. The van der Waals surface area contributed by atoms with Crippen molar-refractivity contribution in [3.05, 3.63) is 23.8 Å². The van der Waals surface area contributed by atoms with Crippen molar-refractivity contribution in [3.63, 3.8) is 0 Å². The molecule has 1 saturated heterocycles. The molecule has 0 amide bonds. The molecule has 0 aromatic heterocycles. The van der Waals surface area contributed by atoms with Crippen molar-refractivity contribution in [2.75, 3.05) is 20.3 Å². The summed E-state index contributed by atoms with van der Waals surface area (Å²) in [7, 11) is 1.66. The van der Waals surface area contributed by atoms with Gasteiger partial charge in [0.05, 0.1) is 13.7 Å². The molecule has 3 rings (SSSR count). The molecule has 2 aliphatic heterocycles. The van der Waals surface area contributed by atoms with Crippen molar-refractivity contribution < 1.29 is 14.2 Å². The van der Waals surface area contributed by atoms with Gasteiger partial charge in [0.15, 0.2) is 0 Å². The van der Waals surface area contributed by atoms with Crippen LogP contribution in [0.5, 0.6) is 11.5 Å². The van der Waals surface area contributed by atoms with Crippen LogP contribution in [0.3, 0.4) is 0 Å². The van der Waals surface area contributed by atoms with E-state index in [1.807, 2.05) is 18.2 Å². The summed E-state index contributed by atoms with van der Waals surface area (Å²) in [6.45, 7) is 1.63. The van der Waals surface area contributed by atoms with Crippen LogP contribution in [0.25, 0.3) is 0 Å². The summed E-state index contributed by atoms with van der Waals surface area (Å²) in [5.74, 6) is 2.14. The van der Waals surface area contributed by atoms with Gasteiger partial charge >= 0.3 is 0 Å². The fraction of sp³-hybridized carbons (Fsp3) is 0.571. The predicted molar refractivity (Wildman–Crippen MR) is 67.9 cm³/mol. The Morgan fingerprint density at radius 3 is 3.00 bits per heavy atom. The second-order valence-corrected chi connectivity index (χ2v) is 5.03. The predicted octanol–water partition coefficient (Wildman–Crippen LogP) is 1.88. The van der Waals surface area contributed by atoms with Crippen LogP contribution >= 0.6 is 0 Å². The van der Waals surface area contributed by atoms with Gasteiger partial charge in [-0.3, -0.25) is 0 Å². The number of fused-ring (bicyclic) bond motifs is 1. The van der Waals surface area contributed by atoms with E-state index in [1.54, 1.807) is 7.11 Å². The van der Waals surface area contributed by atoms with Crippen LogP contribution in [-0.2, 0) is 4.74 Å². The molecule has 98 valence electrons. The summed E-state index contributed by atoms with van der Waals surface area (Å²) in [4.78, 5) is 0. The average Bonchev–Trinajstić information content (AvgIpc) is 2.91. The van der Waals surface area contributed by atoms with Crippen LogP contribution in [-0.4, -0.2) is 26.4 Å². The molecule has 0 spiro atoms. The monoisotopic (exact) mass is 249 g/mol. The highest BCUT2D eigenvalue weighted by molar-refractivity contribution is 5.43. The van der Waals surface area contributed by atoms with E-state index >= 15 is 0 Å². The maximum atomic E-state index is 6.23. The van der Waals surface area contributed by atoms with E-state index in [0.29, 0.717) is 5.92 Å². The minimum absolute atomic E-state index is 0.0465. The Bertz CT molecular complexity index is 429. The highest BCUT2D eigenvalue weighted by atomic mass is 16.5. The number of rotatable bonds is 2. The molecule has 0 saturated carbocycles. The zero-order valence-corrected chi connectivity index (χ0v) is 10.6. The third-order valence-electron chi connectivity index (χ3n) is 3.88. The van der Waals surface area contributed by atoms with Crippen LogP contribution in [0.2, 0.25) is 0 Å². The van der Waals surface area contributed by atoms with Gasteiger partial charge in [-0.25, -0.2) is 0 Å². The van der Waals surface area contributed by atoms with E-state index in [2.05, 4.69) is 0 Å². The van der Waals surface area contributed by atoms with E-state index in [1.165, 1.54) is 0 Å². The number of hydrogen-bond acceptors (Lipinski definition) is 4. The summed E-state index contributed by atoms with van der Waals surface area (Å²) >= 11 is 0. The second kappa shape index (κ2) is 4.78. The van der Waals surface area contributed by atoms with Crippen LogP contribution in [0, 0.1) is 5.92 Å². The van der Waals surface area contributed by atoms with Crippen LogP contribution in [0.1, 0.15) is 24.4 Å². The Morgan fingerprint density at radius 2 is 2.28 bits per heavy atom. The van der Waals surface area contributed by atoms with Gasteiger partial charge in [-0.15, -0.1) is 0 Å². The van der Waals surface area contributed by atoms with E-state index in [0.717, 1.165) is 43.1 Å². The molecule has 18 heavy (non-hydrogen) atoms. The van der Waals surface area contributed by atoms with Crippen LogP contribution < -0.4 is 15.2 Å². The van der Waals surface area contributed by atoms with Gasteiger partial charge < -0.3 is 19.9 Å². The van der Waals surface area contributed by atoms with E-state index in [-0.39, 0.29) is 12.1 Å². The lowest BCUT2D eigenvalue weighted by Gasteiger charge is -2.33. The molecular weight excluding hydrogens is 230 g/mol. The van der Waals surface area contributed by atoms with E-state index < -0.39 is 0 Å². The molecule has 0 radical (unpaired) electrons. The Balaban J connectivity index is 1.85. The minimum atomic E-state index is 0.0465. The lowest BCUT2D eigenvalue weighted by Crippen LogP contribution is -2.35.